The molecule has 0 radical (unpaired) electrons. The van der Waals surface area contributed by atoms with Crippen molar-refractivity contribution in [2.24, 2.45) is 5.92 Å². The predicted octanol–water partition coefficient (Wildman–Crippen LogP) is 2.85. The van der Waals surface area contributed by atoms with E-state index in [4.69, 9.17) is 0 Å². The number of hydrogen-bond acceptors (Lipinski definition) is 3. The molecule has 0 bridgehead atoms. The molecule has 0 spiro atoms. The van der Waals surface area contributed by atoms with Crippen molar-refractivity contribution in [3.63, 3.8) is 0 Å². The number of hydrogen-bond donors (Lipinski definition) is 1. The van der Waals surface area contributed by atoms with E-state index in [2.05, 4.69) is 12.2 Å². The zero-order chi connectivity index (χ0) is 15.0. The molecule has 3 rings (SSSR count). The molecule has 2 aliphatic heterocycles. The number of sulfonamides is 1. The summed E-state index contributed by atoms with van der Waals surface area (Å²) < 4.78 is 27.6. The van der Waals surface area contributed by atoms with Gasteiger partial charge in [0.05, 0.1) is 4.90 Å². The average Bonchev–Trinajstić information content (AvgIpc) is 2.49. The Balaban J connectivity index is 1.94. The standard InChI is InChI=1S/C16H24N2O2S/c1-12-5-6-13(2)18(11-12)21(19,20)15-7-8-16-14(10-15)4-3-9-17-16/h7-8,10,12-13,17H,3-6,9,11H2,1-2H3. The number of piperidine rings is 1. The maximum absolute atomic E-state index is 12.9. The Kier molecular flexibility index (Phi) is 3.97. The number of benzene rings is 1. The lowest BCUT2D eigenvalue weighted by atomic mass is 9.97. The molecule has 0 saturated carbocycles. The Morgan fingerprint density at radius 1 is 1.24 bits per heavy atom. The van der Waals surface area contributed by atoms with Crippen LogP contribution < -0.4 is 5.32 Å². The fraction of sp³-hybridized carbons (Fsp3) is 0.625. The largest absolute Gasteiger partial charge is 0.385 e. The van der Waals surface area contributed by atoms with E-state index < -0.39 is 10.0 Å². The van der Waals surface area contributed by atoms with Crippen LogP contribution in [-0.4, -0.2) is 31.9 Å². The highest BCUT2D eigenvalue weighted by Gasteiger charge is 2.33. The average molecular weight is 308 g/mol. The molecule has 2 aliphatic rings. The summed E-state index contributed by atoms with van der Waals surface area (Å²) in [6, 6.07) is 5.63. The number of anilines is 1. The number of nitrogens with zero attached hydrogens (tertiary/aromatic N) is 1. The molecular weight excluding hydrogens is 284 g/mol. The monoisotopic (exact) mass is 308 g/mol. The predicted molar refractivity (Wildman–Crippen MR) is 85.0 cm³/mol. The smallest absolute Gasteiger partial charge is 0.243 e. The second-order valence-electron chi connectivity index (χ2n) is 6.46. The van der Waals surface area contributed by atoms with Gasteiger partial charge in [-0.25, -0.2) is 8.42 Å². The summed E-state index contributed by atoms with van der Waals surface area (Å²) in [7, 11) is -3.37. The maximum atomic E-state index is 12.9. The molecule has 2 unspecified atom stereocenters. The summed E-state index contributed by atoms with van der Waals surface area (Å²) in [5, 5.41) is 3.33. The van der Waals surface area contributed by atoms with Crippen molar-refractivity contribution in [1.82, 2.24) is 4.31 Å². The van der Waals surface area contributed by atoms with Gasteiger partial charge >= 0.3 is 0 Å². The van der Waals surface area contributed by atoms with Crippen LogP contribution in [-0.2, 0) is 16.4 Å². The SMILES string of the molecule is CC1CCC(C)N(S(=O)(=O)c2ccc3c(c2)CCCN3)C1. The summed E-state index contributed by atoms with van der Waals surface area (Å²) in [4.78, 5) is 0.450. The van der Waals surface area contributed by atoms with Crippen molar-refractivity contribution in [3.8, 4) is 0 Å². The maximum Gasteiger partial charge on any atom is 0.243 e. The van der Waals surface area contributed by atoms with Crippen molar-refractivity contribution < 1.29 is 8.42 Å². The fourth-order valence-corrected chi connectivity index (χ4v) is 5.16. The lowest BCUT2D eigenvalue weighted by molar-refractivity contribution is 0.218. The highest BCUT2D eigenvalue weighted by molar-refractivity contribution is 7.89. The summed E-state index contributed by atoms with van der Waals surface area (Å²) in [5.74, 6) is 0.440. The minimum Gasteiger partial charge on any atom is -0.385 e. The van der Waals surface area contributed by atoms with Gasteiger partial charge in [-0.3, -0.25) is 0 Å². The van der Waals surface area contributed by atoms with Gasteiger partial charge in [0.15, 0.2) is 0 Å². The van der Waals surface area contributed by atoms with Crippen LogP contribution in [0, 0.1) is 5.92 Å². The Morgan fingerprint density at radius 2 is 2.05 bits per heavy atom. The lowest BCUT2D eigenvalue weighted by Crippen LogP contribution is -2.44. The zero-order valence-corrected chi connectivity index (χ0v) is 13.6. The normalized spacial score (nSPS) is 27.0. The quantitative estimate of drug-likeness (QED) is 0.914. The summed E-state index contributed by atoms with van der Waals surface area (Å²) in [5.41, 5.74) is 2.21. The zero-order valence-electron chi connectivity index (χ0n) is 12.8. The third-order valence-electron chi connectivity index (χ3n) is 4.68. The van der Waals surface area contributed by atoms with Crippen LogP contribution in [0.1, 0.15) is 38.7 Å². The van der Waals surface area contributed by atoms with Crippen molar-refractivity contribution in [1.29, 1.82) is 0 Å². The van der Waals surface area contributed by atoms with E-state index in [1.165, 1.54) is 0 Å². The number of nitrogens with one attached hydrogen (secondary N) is 1. The topological polar surface area (TPSA) is 49.4 Å². The second-order valence-corrected chi connectivity index (χ2v) is 8.35. The number of fused-ring (bicyclic) bond motifs is 1. The molecule has 1 saturated heterocycles. The molecule has 2 atom stereocenters. The van der Waals surface area contributed by atoms with Crippen LogP contribution >= 0.6 is 0 Å². The van der Waals surface area contributed by atoms with Crippen LogP contribution in [0.5, 0.6) is 0 Å². The Morgan fingerprint density at radius 3 is 2.86 bits per heavy atom. The van der Waals surface area contributed by atoms with Gasteiger partial charge in [-0.05, 0) is 62.3 Å². The molecule has 21 heavy (non-hydrogen) atoms. The van der Waals surface area contributed by atoms with Gasteiger partial charge in [-0.1, -0.05) is 6.92 Å². The van der Waals surface area contributed by atoms with Crippen molar-refractivity contribution >= 4 is 15.7 Å². The van der Waals surface area contributed by atoms with E-state index in [0.29, 0.717) is 17.4 Å². The van der Waals surface area contributed by atoms with Crippen LogP contribution in [0.4, 0.5) is 5.69 Å². The number of rotatable bonds is 2. The van der Waals surface area contributed by atoms with E-state index >= 15 is 0 Å². The van der Waals surface area contributed by atoms with Gasteiger partial charge in [0.25, 0.3) is 0 Å². The molecule has 1 aromatic rings. The lowest BCUT2D eigenvalue weighted by Gasteiger charge is -2.35. The van der Waals surface area contributed by atoms with Crippen molar-refractivity contribution in [2.75, 3.05) is 18.4 Å². The van der Waals surface area contributed by atoms with Gasteiger partial charge in [-0.2, -0.15) is 4.31 Å². The highest BCUT2D eigenvalue weighted by Crippen LogP contribution is 2.30. The van der Waals surface area contributed by atoms with Gasteiger partial charge < -0.3 is 5.32 Å². The van der Waals surface area contributed by atoms with Gasteiger partial charge in [0.2, 0.25) is 10.0 Å². The third kappa shape index (κ3) is 2.81. The first-order valence-electron chi connectivity index (χ1n) is 7.87. The summed E-state index contributed by atoms with van der Waals surface area (Å²) >= 11 is 0. The molecule has 116 valence electrons. The minimum absolute atomic E-state index is 0.0976. The first-order valence-corrected chi connectivity index (χ1v) is 9.31. The molecule has 2 heterocycles. The van der Waals surface area contributed by atoms with Crippen molar-refractivity contribution in [2.45, 2.75) is 50.5 Å². The summed E-state index contributed by atoms with van der Waals surface area (Å²) in [6.07, 6.45) is 4.08. The molecule has 5 heteroatoms. The Bertz CT molecular complexity index is 627. The second kappa shape index (κ2) is 5.61. The van der Waals surface area contributed by atoms with Crippen LogP contribution in [0.15, 0.2) is 23.1 Å². The highest BCUT2D eigenvalue weighted by atomic mass is 32.2. The molecule has 0 amide bonds. The van der Waals surface area contributed by atoms with Crippen LogP contribution in [0.25, 0.3) is 0 Å². The molecule has 0 aromatic heterocycles. The van der Waals surface area contributed by atoms with Crippen molar-refractivity contribution in [3.05, 3.63) is 23.8 Å². The van der Waals surface area contributed by atoms with E-state index in [1.807, 2.05) is 19.1 Å². The van der Waals surface area contributed by atoms with Gasteiger partial charge in [0, 0.05) is 24.8 Å². The van der Waals surface area contributed by atoms with E-state index in [1.54, 1.807) is 10.4 Å². The van der Waals surface area contributed by atoms with Gasteiger partial charge in [0.1, 0.15) is 0 Å². The Hall–Kier alpha value is -1.07. The summed E-state index contributed by atoms with van der Waals surface area (Å²) in [6.45, 7) is 5.76. The molecule has 1 N–H and O–H groups in total. The number of aryl methyl sites for hydroxylation is 1. The van der Waals surface area contributed by atoms with E-state index in [0.717, 1.165) is 43.5 Å². The Labute approximate surface area is 127 Å². The first kappa shape index (κ1) is 14.9. The van der Waals surface area contributed by atoms with E-state index in [9.17, 15) is 8.42 Å². The minimum atomic E-state index is -3.37. The molecule has 0 aliphatic carbocycles. The third-order valence-corrected chi connectivity index (χ3v) is 6.66. The molecule has 1 aromatic carbocycles. The molecule has 1 fully saturated rings. The first-order chi connectivity index (χ1) is 9.98. The molecular formula is C16H24N2O2S. The fourth-order valence-electron chi connectivity index (χ4n) is 3.33. The molecule has 4 nitrogen and oxygen atoms in total. The van der Waals surface area contributed by atoms with Gasteiger partial charge in [-0.15, -0.1) is 0 Å². The van der Waals surface area contributed by atoms with Crippen LogP contribution in [0.3, 0.4) is 0 Å². The van der Waals surface area contributed by atoms with E-state index in [-0.39, 0.29) is 6.04 Å². The van der Waals surface area contributed by atoms with Crippen LogP contribution in [0.2, 0.25) is 0 Å².